The number of rotatable bonds is 5. The molecule has 29 heavy (non-hydrogen) atoms. The van der Waals surface area contributed by atoms with Gasteiger partial charge in [0.15, 0.2) is 0 Å². The number of alkyl halides is 3. The van der Waals surface area contributed by atoms with E-state index in [2.05, 4.69) is 4.90 Å². The van der Waals surface area contributed by atoms with Crippen LogP contribution in [-0.4, -0.2) is 55.0 Å². The molecule has 0 N–H and O–H groups in total. The van der Waals surface area contributed by atoms with E-state index < -0.39 is 11.7 Å². The molecule has 1 aromatic carbocycles. The van der Waals surface area contributed by atoms with Gasteiger partial charge in [0.05, 0.1) is 18.2 Å². The Morgan fingerprint density at radius 2 is 1.79 bits per heavy atom. The number of halogens is 3. The van der Waals surface area contributed by atoms with E-state index in [0.717, 1.165) is 57.3 Å². The molecule has 0 spiro atoms. The second-order valence-electron chi connectivity index (χ2n) is 8.64. The molecule has 2 atom stereocenters. The Bertz CT molecular complexity index is 770. The molecule has 2 aliphatic carbocycles. The first kappa shape index (κ1) is 20.5. The lowest BCUT2D eigenvalue weighted by atomic mass is 9.96. The predicted molar refractivity (Wildman–Crippen MR) is 104 cm³/mol. The van der Waals surface area contributed by atoms with Crippen LogP contribution in [0.3, 0.4) is 0 Å². The highest BCUT2D eigenvalue weighted by Crippen LogP contribution is 2.47. The van der Waals surface area contributed by atoms with Crippen molar-refractivity contribution in [3.05, 3.63) is 28.8 Å². The van der Waals surface area contributed by atoms with Gasteiger partial charge in [-0.3, -0.25) is 9.69 Å². The van der Waals surface area contributed by atoms with Gasteiger partial charge >= 0.3 is 6.18 Å². The molecule has 4 rings (SSSR count). The van der Waals surface area contributed by atoms with Crippen molar-refractivity contribution in [3.63, 3.8) is 0 Å². The summed E-state index contributed by atoms with van der Waals surface area (Å²) in [6, 6.07) is 2.57. The molecule has 160 valence electrons. The van der Waals surface area contributed by atoms with Crippen LogP contribution in [0.1, 0.15) is 72.3 Å². The molecule has 1 aliphatic heterocycles. The number of hydrogen-bond acceptors (Lipinski definition) is 3. The molecular formula is C22H29F3N2O2. The van der Waals surface area contributed by atoms with E-state index in [0.29, 0.717) is 17.2 Å². The number of amides is 1. The third-order valence-electron chi connectivity index (χ3n) is 6.78. The molecule has 4 nitrogen and oxygen atoms in total. The Kier molecular flexibility index (Phi) is 5.53. The van der Waals surface area contributed by atoms with Crippen LogP contribution in [0.2, 0.25) is 0 Å². The number of likely N-dealkylation sites (N-methyl/N-ethyl adjacent to an activating group) is 1. The molecule has 0 radical (unpaired) electrons. The van der Waals surface area contributed by atoms with Crippen LogP contribution < -0.4 is 4.74 Å². The maximum Gasteiger partial charge on any atom is 0.416 e. The second kappa shape index (κ2) is 7.82. The molecular weight excluding hydrogens is 381 g/mol. The van der Waals surface area contributed by atoms with Gasteiger partial charge in [0.2, 0.25) is 0 Å². The molecule has 3 aliphatic rings. The van der Waals surface area contributed by atoms with Crippen molar-refractivity contribution >= 4 is 5.91 Å². The minimum Gasteiger partial charge on any atom is -0.496 e. The Morgan fingerprint density at radius 1 is 1.10 bits per heavy atom. The van der Waals surface area contributed by atoms with E-state index in [1.807, 2.05) is 0 Å². The highest BCUT2D eigenvalue weighted by atomic mass is 19.4. The molecule has 7 heteroatoms. The van der Waals surface area contributed by atoms with Crippen LogP contribution in [-0.2, 0) is 6.18 Å². The molecule has 1 saturated heterocycles. The van der Waals surface area contributed by atoms with Crippen LogP contribution in [0.15, 0.2) is 12.1 Å². The van der Waals surface area contributed by atoms with Crippen molar-refractivity contribution in [1.82, 2.24) is 9.80 Å². The summed E-state index contributed by atoms with van der Waals surface area (Å²) in [4.78, 5) is 17.8. The van der Waals surface area contributed by atoms with Crippen molar-refractivity contribution in [2.75, 3.05) is 27.2 Å². The van der Waals surface area contributed by atoms with Crippen LogP contribution >= 0.6 is 0 Å². The number of nitrogens with zero attached hydrogens (tertiary/aromatic N) is 2. The van der Waals surface area contributed by atoms with Gasteiger partial charge in [-0.05, 0) is 81.6 Å². The molecule has 2 saturated carbocycles. The number of hydrogen-bond donors (Lipinski definition) is 0. The van der Waals surface area contributed by atoms with Crippen molar-refractivity contribution in [3.8, 4) is 5.75 Å². The number of ether oxygens (including phenoxy) is 1. The van der Waals surface area contributed by atoms with E-state index in [4.69, 9.17) is 4.74 Å². The summed E-state index contributed by atoms with van der Waals surface area (Å²) in [5.74, 6) is -0.167. The fourth-order valence-corrected chi connectivity index (χ4v) is 5.11. The smallest absolute Gasteiger partial charge is 0.416 e. The molecule has 0 aromatic heterocycles. The van der Waals surface area contributed by atoms with Gasteiger partial charge in [-0.1, -0.05) is 0 Å². The summed E-state index contributed by atoms with van der Waals surface area (Å²) in [7, 11) is 3.14. The lowest BCUT2D eigenvalue weighted by Gasteiger charge is -2.35. The van der Waals surface area contributed by atoms with Crippen LogP contribution in [0.5, 0.6) is 5.75 Å². The zero-order valence-corrected chi connectivity index (χ0v) is 17.1. The first-order chi connectivity index (χ1) is 13.8. The molecule has 3 fully saturated rings. The minimum absolute atomic E-state index is 0.0107. The maximum atomic E-state index is 13.5. The van der Waals surface area contributed by atoms with Crippen LogP contribution in [0.4, 0.5) is 13.2 Å². The summed E-state index contributed by atoms with van der Waals surface area (Å²) < 4.78 is 45.4. The average molecular weight is 410 g/mol. The predicted octanol–water partition coefficient (Wildman–Crippen LogP) is 4.68. The average Bonchev–Trinajstić information content (AvgIpc) is 3.17. The van der Waals surface area contributed by atoms with E-state index in [-0.39, 0.29) is 23.6 Å². The number of likely N-dealkylation sites (tertiary alicyclic amines) is 1. The molecule has 1 aromatic rings. The Morgan fingerprint density at radius 3 is 2.38 bits per heavy atom. The highest BCUT2D eigenvalue weighted by molar-refractivity contribution is 5.99. The Hall–Kier alpha value is -1.76. The number of benzene rings is 1. The van der Waals surface area contributed by atoms with Gasteiger partial charge in [0.25, 0.3) is 5.91 Å². The highest BCUT2D eigenvalue weighted by Gasteiger charge is 2.41. The molecule has 2 unspecified atom stereocenters. The summed E-state index contributed by atoms with van der Waals surface area (Å²) in [6.45, 7) is 2.14. The first-order valence-corrected chi connectivity index (χ1v) is 10.6. The van der Waals surface area contributed by atoms with Gasteiger partial charge in [0.1, 0.15) is 5.75 Å². The van der Waals surface area contributed by atoms with Crippen LogP contribution in [0, 0.1) is 0 Å². The number of methoxy groups -OCH3 is 1. The summed E-state index contributed by atoms with van der Waals surface area (Å²) in [6.07, 6.45) is 2.63. The minimum atomic E-state index is -4.46. The van der Waals surface area contributed by atoms with Crippen LogP contribution in [0.25, 0.3) is 0 Å². The number of carbonyl (C=O) groups is 1. The molecule has 0 bridgehead atoms. The fourth-order valence-electron chi connectivity index (χ4n) is 5.11. The van der Waals surface area contributed by atoms with E-state index in [9.17, 15) is 18.0 Å². The lowest BCUT2D eigenvalue weighted by Crippen LogP contribution is -2.48. The number of carbonyl (C=O) groups excluding carboxylic acids is 1. The third kappa shape index (κ3) is 3.98. The van der Waals surface area contributed by atoms with Gasteiger partial charge in [-0.15, -0.1) is 0 Å². The largest absolute Gasteiger partial charge is 0.496 e. The summed E-state index contributed by atoms with van der Waals surface area (Å²) in [5, 5.41) is 0. The van der Waals surface area contributed by atoms with Gasteiger partial charge in [0, 0.05) is 19.1 Å². The van der Waals surface area contributed by atoms with E-state index in [1.165, 1.54) is 20.0 Å². The molecule has 1 amide bonds. The normalized spacial score (nSPS) is 25.4. The first-order valence-electron chi connectivity index (χ1n) is 10.6. The second-order valence-corrected chi connectivity index (χ2v) is 8.64. The SMILES string of the molecule is COc1cc(C(F)(F)F)cc(C2CC2)c1C(=O)N(C)C1CCCC1N1CCCC1. The van der Waals surface area contributed by atoms with E-state index in [1.54, 1.807) is 11.9 Å². The molecule has 1 heterocycles. The quantitative estimate of drug-likeness (QED) is 0.707. The van der Waals surface area contributed by atoms with Gasteiger partial charge in [-0.2, -0.15) is 13.2 Å². The van der Waals surface area contributed by atoms with Crippen molar-refractivity contribution < 1.29 is 22.7 Å². The zero-order chi connectivity index (χ0) is 20.8. The Labute approximate surface area is 170 Å². The Balaban J connectivity index is 1.67. The zero-order valence-electron chi connectivity index (χ0n) is 17.1. The summed E-state index contributed by atoms with van der Waals surface area (Å²) >= 11 is 0. The van der Waals surface area contributed by atoms with E-state index >= 15 is 0 Å². The van der Waals surface area contributed by atoms with Crippen molar-refractivity contribution in [2.24, 2.45) is 0 Å². The van der Waals surface area contributed by atoms with Gasteiger partial charge in [-0.25, -0.2) is 0 Å². The van der Waals surface area contributed by atoms with Crippen molar-refractivity contribution in [2.45, 2.75) is 69.1 Å². The lowest BCUT2D eigenvalue weighted by molar-refractivity contribution is -0.137. The third-order valence-corrected chi connectivity index (χ3v) is 6.78. The standard InChI is InChI=1S/C22H29F3N2O2/c1-26(17-6-5-7-18(17)27-10-3-4-11-27)21(28)20-16(14-8-9-14)12-15(22(23,24)25)13-19(20)29-2/h12-14,17-18H,3-11H2,1-2H3. The summed E-state index contributed by atoms with van der Waals surface area (Å²) in [5.41, 5.74) is 0.0630. The van der Waals surface area contributed by atoms with Gasteiger partial charge < -0.3 is 9.64 Å². The fraction of sp³-hybridized carbons (Fsp3) is 0.682. The monoisotopic (exact) mass is 410 g/mol. The maximum absolute atomic E-state index is 13.5. The topological polar surface area (TPSA) is 32.8 Å². The van der Waals surface area contributed by atoms with Crippen molar-refractivity contribution in [1.29, 1.82) is 0 Å².